The van der Waals surface area contributed by atoms with Gasteiger partial charge >= 0.3 is 11.7 Å². The normalized spacial score (nSPS) is 10.6. The van der Waals surface area contributed by atoms with E-state index in [1.165, 1.54) is 4.68 Å². The minimum absolute atomic E-state index is 0.0319. The molecule has 0 amide bonds. The number of aromatic nitrogens is 4. The van der Waals surface area contributed by atoms with Crippen LogP contribution in [0.15, 0.2) is 12.4 Å². The number of hydrogen-bond donors (Lipinski definition) is 1. The second-order valence-corrected chi connectivity index (χ2v) is 3.61. The first-order valence-corrected chi connectivity index (χ1v) is 4.88. The molecule has 0 unspecified atom stereocenters. The second kappa shape index (κ2) is 3.95. The van der Waals surface area contributed by atoms with Gasteiger partial charge in [0.15, 0.2) is 5.82 Å². The van der Waals surface area contributed by atoms with Gasteiger partial charge in [0.2, 0.25) is 0 Å². The summed E-state index contributed by atoms with van der Waals surface area (Å²) in [5, 5.41) is 27.4. The minimum Gasteiger partial charge on any atom is -0.477 e. The zero-order chi connectivity index (χ0) is 13.4. The molecule has 18 heavy (non-hydrogen) atoms. The quantitative estimate of drug-likeness (QED) is 0.627. The van der Waals surface area contributed by atoms with Crippen LogP contribution in [0.2, 0.25) is 0 Å². The maximum atomic E-state index is 11.1. The van der Waals surface area contributed by atoms with Gasteiger partial charge in [0, 0.05) is 7.05 Å². The Labute approximate surface area is 100 Å². The van der Waals surface area contributed by atoms with Crippen molar-refractivity contribution >= 4 is 11.7 Å². The standard InChI is InChI=1S/C9H9N5O4/c1-5-7(9(15)16)8(12(2)11-5)13-4-6(3-10-13)14(17)18/h3-4H,1-2H3,(H,15,16). The number of carbonyl (C=O) groups is 1. The molecule has 0 fully saturated rings. The minimum atomic E-state index is -1.16. The Morgan fingerprint density at radius 1 is 1.56 bits per heavy atom. The maximum Gasteiger partial charge on any atom is 0.341 e. The van der Waals surface area contributed by atoms with Gasteiger partial charge in [0.1, 0.15) is 18.0 Å². The summed E-state index contributed by atoms with van der Waals surface area (Å²) < 4.78 is 2.44. The van der Waals surface area contributed by atoms with Crippen LogP contribution < -0.4 is 0 Å². The number of carboxylic acids is 1. The van der Waals surface area contributed by atoms with Gasteiger partial charge in [0.25, 0.3) is 0 Å². The van der Waals surface area contributed by atoms with Gasteiger partial charge in [0.05, 0.1) is 10.6 Å². The molecular formula is C9H9N5O4. The number of rotatable bonds is 3. The lowest BCUT2D eigenvalue weighted by Gasteiger charge is -2.02. The molecule has 2 aromatic heterocycles. The zero-order valence-corrected chi connectivity index (χ0v) is 9.56. The van der Waals surface area contributed by atoms with Crippen molar-refractivity contribution in [1.29, 1.82) is 0 Å². The maximum absolute atomic E-state index is 11.1. The second-order valence-electron chi connectivity index (χ2n) is 3.61. The molecule has 0 saturated heterocycles. The highest BCUT2D eigenvalue weighted by molar-refractivity contribution is 5.92. The summed E-state index contributed by atoms with van der Waals surface area (Å²) in [4.78, 5) is 21.1. The molecule has 2 rings (SSSR count). The Morgan fingerprint density at radius 2 is 2.22 bits per heavy atom. The molecule has 0 atom stereocenters. The highest BCUT2D eigenvalue weighted by Crippen LogP contribution is 2.19. The van der Waals surface area contributed by atoms with E-state index in [0.717, 1.165) is 17.1 Å². The van der Waals surface area contributed by atoms with Gasteiger partial charge in [-0.2, -0.15) is 10.2 Å². The molecule has 2 heterocycles. The number of carboxylic acid groups (broad SMARTS) is 1. The zero-order valence-electron chi connectivity index (χ0n) is 9.56. The molecule has 2 aromatic rings. The molecule has 9 heteroatoms. The smallest absolute Gasteiger partial charge is 0.341 e. The molecular weight excluding hydrogens is 242 g/mol. The Hall–Kier alpha value is -2.71. The fraction of sp³-hybridized carbons (Fsp3) is 0.222. The molecule has 9 nitrogen and oxygen atoms in total. The molecule has 0 spiro atoms. The Bertz CT molecular complexity index is 641. The van der Waals surface area contributed by atoms with Crippen LogP contribution in [0.3, 0.4) is 0 Å². The van der Waals surface area contributed by atoms with Crippen LogP contribution in [0.25, 0.3) is 5.82 Å². The van der Waals surface area contributed by atoms with Crippen LogP contribution >= 0.6 is 0 Å². The number of nitro groups is 1. The third-order valence-corrected chi connectivity index (χ3v) is 2.40. The molecule has 94 valence electrons. The van der Waals surface area contributed by atoms with Crippen LogP contribution in [-0.2, 0) is 7.05 Å². The number of nitrogens with zero attached hydrogens (tertiary/aromatic N) is 5. The Balaban J connectivity index is 2.62. The third kappa shape index (κ3) is 1.71. The molecule has 0 radical (unpaired) electrons. The van der Waals surface area contributed by atoms with Gasteiger partial charge in [-0.05, 0) is 6.92 Å². The first kappa shape index (κ1) is 11.8. The third-order valence-electron chi connectivity index (χ3n) is 2.40. The van der Waals surface area contributed by atoms with Crippen molar-refractivity contribution in [3.05, 3.63) is 33.8 Å². The summed E-state index contributed by atoms with van der Waals surface area (Å²) in [5.74, 6) is -0.984. The van der Waals surface area contributed by atoms with Crippen LogP contribution in [0.5, 0.6) is 0 Å². The van der Waals surface area contributed by atoms with Crippen molar-refractivity contribution in [2.45, 2.75) is 6.92 Å². The van der Waals surface area contributed by atoms with E-state index >= 15 is 0 Å². The van der Waals surface area contributed by atoms with E-state index < -0.39 is 10.9 Å². The van der Waals surface area contributed by atoms with Gasteiger partial charge in [-0.3, -0.25) is 10.1 Å². The Kier molecular flexibility index (Phi) is 2.58. The molecule has 0 aliphatic heterocycles. The summed E-state index contributed by atoms with van der Waals surface area (Å²) in [7, 11) is 1.54. The van der Waals surface area contributed by atoms with Gasteiger partial charge in [-0.1, -0.05) is 0 Å². The number of aromatic carboxylic acids is 1. The van der Waals surface area contributed by atoms with Gasteiger partial charge in [-0.15, -0.1) is 0 Å². The summed E-state index contributed by atoms with van der Waals surface area (Å²) in [6, 6.07) is 0. The van der Waals surface area contributed by atoms with E-state index in [9.17, 15) is 14.9 Å². The van der Waals surface area contributed by atoms with Crippen molar-refractivity contribution in [3.8, 4) is 5.82 Å². The van der Waals surface area contributed by atoms with E-state index in [1.807, 2.05) is 0 Å². The monoisotopic (exact) mass is 251 g/mol. The van der Waals surface area contributed by atoms with Gasteiger partial charge < -0.3 is 5.11 Å². The molecule has 0 aliphatic rings. The highest BCUT2D eigenvalue weighted by Gasteiger charge is 2.23. The largest absolute Gasteiger partial charge is 0.477 e. The summed E-state index contributed by atoms with van der Waals surface area (Å²) >= 11 is 0. The van der Waals surface area contributed by atoms with Crippen molar-refractivity contribution in [2.75, 3.05) is 0 Å². The summed E-state index contributed by atoms with van der Waals surface area (Å²) in [6.45, 7) is 1.55. The van der Waals surface area contributed by atoms with E-state index in [2.05, 4.69) is 10.2 Å². The molecule has 1 N–H and O–H groups in total. The predicted molar refractivity (Wildman–Crippen MR) is 58.7 cm³/mol. The summed E-state index contributed by atoms with van der Waals surface area (Å²) in [5.41, 5.74) is 0.0684. The first-order chi connectivity index (χ1) is 8.41. The average Bonchev–Trinajstić information content (AvgIpc) is 2.81. The molecule has 0 saturated carbocycles. The van der Waals surface area contributed by atoms with Gasteiger partial charge in [-0.25, -0.2) is 14.2 Å². The van der Waals surface area contributed by atoms with Crippen LogP contribution in [0.1, 0.15) is 16.1 Å². The highest BCUT2D eigenvalue weighted by atomic mass is 16.6. The molecule has 0 aromatic carbocycles. The lowest BCUT2D eigenvalue weighted by Crippen LogP contribution is -2.09. The first-order valence-electron chi connectivity index (χ1n) is 4.88. The average molecular weight is 251 g/mol. The summed E-state index contributed by atoms with van der Waals surface area (Å²) in [6.07, 6.45) is 2.19. The number of aryl methyl sites for hydroxylation is 2. The lowest BCUT2D eigenvalue weighted by atomic mass is 10.2. The number of hydrogen-bond acceptors (Lipinski definition) is 5. The van der Waals surface area contributed by atoms with Crippen molar-refractivity contribution in [2.24, 2.45) is 7.05 Å². The fourth-order valence-electron chi connectivity index (χ4n) is 1.68. The van der Waals surface area contributed by atoms with E-state index in [1.54, 1.807) is 14.0 Å². The van der Waals surface area contributed by atoms with Crippen molar-refractivity contribution < 1.29 is 14.8 Å². The van der Waals surface area contributed by atoms with E-state index in [-0.39, 0.29) is 17.1 Å². The fourth-order valence-corrected chi connectivity index (χ4v) is 1.68. The predicted octanol–water partition coefficient (Wildman–Crippen LogP) is 0.521. The van der Waals surface area contributed by atoms with Crippen LogP contribution in [0, 0.1) is 17.0 Å². The van der Waals surface area contributed by atoms with Crippen LogP contribution in [0.4, 0.5) is 5.69 Å². The molecule has 0 bridgehead atoms. The van der Waals surface area contributed by atoms with Crippen molar-refractivity contribution in [1.82, 2.24) is 19.6 Å². The Morgan fingerprint density at radius 3 is 2.72 bits per heavy atom. The molecule has 0 aliphatic carbocycles. The van der Waals surface area contributed by atoms with E-state index in [4.69, 9.17) is 5.11 Å². The lowest BCUT2D eigenvalue weighted by molar-refractivity contribution is -0.384. The van der Waals surface area contributed by atoms with E-state index in [0.29, 0.717) is 5.69 Å². The van der Waals surface area contributed by atoms with Crippen LogP contribution in [-0.4, -0.2) is 35.6 Å². The SMILES string of the molecule is Cc1nn(C)c(-n2cc([N+](=O)[O-])cn2)c1C(=O)O. The van der Waals surface area contributed by atoms with Crippen molar-refractivity contribution in [3.63, 3.8) is 0 Å². The topological polar surface area (TPSA) is 116 Å².